The molecule has 1 aromatic rings. The van der Waals surface area contributed by atoms with Crippen LogP contribution in [0.4, 0.5) is 0 Å². The van der Waals surface area contributed by atoms with Crippen LogP contribution in [0.5, 0.6) is 0 Å². The first-order chi connectivity index (χ1) is 8.74. The summed E-state index contributed by atoms with van der Waals surface area (Å²) in [6.45, 7) is 4.31. The van der Waals surface area contributed by atoms with Crippen LogP contribution < -0.4 is 5.73 Å². The molecule has 1 heterocycles. The molecule has 0 bridgehead atoms. The standard InChI is InChI=1S/C14H21N3O/c1-3-9-17-13(15)16-10-14(17,11-18-2)12-7-5-4-6-8-12/h4-8H,3,9-11H2,1-2H3,(H2,15,16). The van der Waals surface area contributed by atoms with E-state index < -0.39 is 0 Å². The molecule has 2 rings (SSSR count). The van der Waals surface area contributed by atoms with E-state index in [1.165, 1.54) is 5.56 Å². The van der Waals surface area contributed by atoms with E-state index in [2.05, 4.69) is 28.9 Å². The lowest BCUT2D eigenvalue weighted by Crippen LogP contribution is -2.52. The summed E-state index contributed by atoms with van der Waals surface area (Å²) < 4.78 is 5.44. The van der Waals surface area contributed by atoms with Gasteiger partial charge in [-0.3, -0.25) is 4.99 Å². The summed E-state index contributed by atoms with van der Waals surface area (Å²) in [5, 5.41) is 0. The topological polar surface area (TPSA) is 50.8 Å². The number of guanidine groups is 1. The highest BCUT2D eigenvalue weighted by Gasteiger charge is 2.43. The van der Waals surface area contributed by atoms with E-state index in [4.69, 9.17) is 10.5 Å². The van der Waals surface area contributed by atoms with E-state index in [9.17, 15) is 0 Å². The van der Waals surface area contributed by atoms with Gasteiger partial charge in [0.2, 0.25) is 0 Å². The molecule has 1 aliphatic heterocycles. The number of hydrogen-bond acceptors (Lipinski definition) is 4. The number of rotatable bonds is 5. The van der Waals surface area contributed by atoms with E-state index in [1.807, 2.05) is 18.2 Å². The van der Waals surface area contributed by atoms with E-state index in [0.717, 1.165) is 13.0 Å². The van der Waals surface area contributed by atoms with Crippen LogP contribution in [0.15, 0.2) is 35.3 Å². The van der Waals surface area contributed by atoms with Gasteiger partial charge in [-0.2, -0.15) is 0 Å². The van der Waals surface area contributed by atoms with Crippen LogP contribution in [-0.4, -0.2) is 37.7 Å². The third-order valence-corrected chi connectivity index (χ3v) is 3.44. The number of benzene rings is 1. The summed E-state index contributed by atoms with van der Waals surface area (Å²) in [6.07, 6.45) is 1.04. The predicted octanol–water partition coefficient (Wildman–Crippen LogP) is 1.57. The highest BCUT2D eigenvalue weighted by molar-refractivity contribution is 5.81. The number of aliphatic imine (C=N–C) groups is 1. The zero-order valence-electron chi connectivity index (χ0n) is 11.1. The van der Waals surface area contributed by atoms with Crippen molar-refractivity contribution in [3.8, 4) is 0 Å². The average molecular weight is 247 g/mol. The van der Waals surface area contributed by atoms with Gasteiger partial charge in [0.1, 0.15) is 5.54 Å². The van der Waals surface area contributed by atoms with Gasteiger partial charge in [-0.05, 0) is 12.0 Å². The van der Waals surface area contributed by atoms with Gasteiger partial charge in [-0.15, -0.1) is 0 Å². The van der Waals surface area contributed by atoms with Crippen LogP contribution in [0, 0.1) is 0 Å². The Morgan fingerprint density at radius 2 is 2.11 bits per heavy atom. The Morgan fingerprint density at radius 1 is 1.39 bits per heavy atom. The zero-order chi connectivity index (χ0) is 13.0. The smallest absolute Gasteiger partial charge is 0.192 e. The lowest BCUT2D eigenvalue weighted by molar-refractivity contribution is 0.0644. The maximum Gasteiger partial charge on any atom is 0.192 e. The van der Waals surface area contributed by atoms with Crippen LogP contribution in [0.1, 0.15) is 18.9 Å². The number of ether oxygens (including phenoxy) is 1. The van der Waals surface area contributed by atoms with Crippen molar-refractivity contribution in [3.63, 3.8) is 0 Å². The molecule has 0 aromatic heterocycles. The number of nitrogens with zero attached hydrogens (tertiary/aromatic N) is 2. The molecule has 0 spiro atoms. The molecule has 0 radical (unpaired) electrons. The molecule has 98 valence electrons. The lowest BCUT2D eigenvalue weighted by atomic mass is 9.89. The van der Waals surface area contributed by atoms with Crippen molar-refractivity contribution in [3.05, 3.63) is 35.9 Å². The third-order valence-electron chi connectivity index (χ3n) is 3.44. The van der Waals surface area contributed by atoms with Gasteiger partial charge in [-0.25, -0.2) is 0 Å². The maximum absolute atomic E-state index is 6.03. The van der Waals surface area contributed by atoms with Gasteiger partial charge in [-0.1, -0.05) is 37.3 Å². The fourth-order valence-electron chi connectivity index (χ4n) is 2.60. The van der Waals surface area contributed by atoms with Gasteiger partial charge < -0.3 is 15.4 Å². The zero-order valence-corrected chi connectivity index (χ0v) is 11.1. The molecule has 4 nitrogen and oxygen atoms in total. The predicted molar refractivity (Wildman–Crippen MR) is 73.5 cm³/mol. The minimum Gasteiger partial charge on any atom is -0.382 e. The van der Waals surface area contributed by atoms with Gasteiger partial charge in [0, 0.05) is 13.7 Å². The second-order valence-electron chi connectivity index (χ2n) is 4.66. The first-order valence-electron chi connectivity index (χ1n) is 6.36. The minimum atomic E-state index is -0.240. The normalized spacial score (nSPS) is 23.2. The summed E-state index contributed by atoms with van der Waals surface area (Å²) in [7, 11) is 1.73. The van der Waals surface area contributed by atoms with Crippen molar-refractivity contribution in [2.75, 3.05) is 26.8 Å². The summed E-state index contributed by atoms with van der Waals surface area (Å²) >= 11 is 0. The Hall–Kier alpha value is -1.55. The molecule has 4 heteroatoms. The average Bonchev–Trinajstić information content (AvgIpc) is 2.71. The van der Waals surface area contributed by atoms with Crippen LogP contribution >= 0.6 is 0 Å². The highest BCUT2D eigenvalue weighted by atomic mass is 16.5. The van der Waals surface area contributed by atoms with Gasteiger partial charge in [0.25, 0.3) is 0 Å². The molecule has 18 heavy (non-hydrogen) atoms. The molecule has 0 amide bonds. The van der Waals surface area contributed by atoms with E-state index >= 15 is 0 Å². The van der Waals surface area contributed by atoms with Crippen LogP contribution in [0.3, 0.4) is 0 Å². The molecule has 1 unspecified atom stereocenters. The first kappa shape index (κ1) is 12.9. The highest BCUT2D eigenvalue weighted by Crippen LogP contribution is 2.33. The Balaban J connectivity index is 2.39. The summed E-state index contributed by atoms with van der Waals surface area (Å²) in [4.78, 5) is 6.60. The molecule has 0 saturated heterocycles. The summed E-state index contributed by atoms with van der Waals surface area (Å²) in [5.41, 5.74) is 7.00. The minimum absolute atomic E-state index is 0.240. The molecular formula is C14H21N3O. The Bertz CT molecular complexity index is 418. The van der Waals surface area contributed by atoms with E-state index in [-0.39, 0.29) is 5.54 Å². The second-order valence-corrected chi connectivity index (χ2v) is 4.66. The molecule has 0 saturated carbocycles. The van der Waals surface area contributed by atoms with Gasteiger partial charge >= 0.3 is 0 Å². The second kappa shape index (κ2) is 5.40. The molecule has 1 aromatic carbocycles. The lowest BCUT2D eigenvalue weighted by Gasteiger charge is -2.39. The molecule has 1 atom stereocenters. The van der Waals surface area contributed by atoms with Crippen LogP contribution in [0.2, 0.25) is 0 Å². The molecule has 2 N–H and O–H groups in total. The Morgan fingerprint density at radius 3 is 2.72 bits per heavy atom. The van der Waals surface area contributed by atoms with Crippen molar-refractivity contribution >= 4 is 5.96 Å². The summed E-state index contributed by atoms with van der Waals surface area (Å²) in [5.74, 6) is 0.623. The fourth-order valence-corrected chi connectivity index (χ4v) is 2.60. The van der Waals surface area contributed by atoms with Crippen molar-refractivity contribution in [2.24, 2.45) is 10.7 Å². The maximum atomic E-state index is 6.03. The number of nitrogens with two attached hydrogens (primary N) is 1. The van der Waals surface area contributed by atoms with Crippen LogP contribution in [0.25, 0.3) is 0 Å². The molecule has 0 aliphatic carbocycles. The Kier molecular flexibility index (Phi) is 3.87. The van der Waals surface area contributed by atoms with Crippen LogP contribution in [-0.2, 0) is 10.3 Å². The van der Waals surface area contributed by atoms with Crippen molar-refractivity contribution in [1.82, 2.24) is 4.90 Å². The van der Waals surface area contributed by atoms with E-state index in [1.54, 1.807) is 7.11 Å². The first-order valence-corrected chi connectivity index (χ1v) is 6.36. The molecule has 0 fully saturated rings. The quantitative estimate of drug-likeness (QED) is 0.859. The van der Waals surface area contributed by atoms with Crippen molar-refractivity contribution < 1.29 is 4.74 Å². The SMILES string of the molecule is CCCN1C(N)=NCC1(COC)c1ccccc1. The van der Waals surface area contributed by atoms with Crippen molar-refractivity contribution in [1.29, 1.82) is 0 Å². The monoisotopic (exact) mass is 247 g/mol. The molecular weight excluding hydrogens is 226 g/mol. The third kappa shape index (κ3) is 2.08. The van der Waals surface area contributed by atoms with E-state index in [0.29, 0.717) is 19.1 Å². The summed E-state index contributed by atoms with van der Waals surface area (Å²) in [6, 6.07) is 10.4. The number of methoxy groups -OCH3 is 1. The molecule has 1 aliphatic rings. The van der Waals surface area contributed by atoms with Crippen molar-refractivity contribution in [2.45, 2.75) is 18.9 Å². The van der Waals surface area contributed by atoms with Gasteiger partial charge in [0.05, 0.1) is 13.2 Å². The van der Waals surface area contributed by atoms with Gasteiger partial charge in [0.15, 0.2) is 5.96 Å². The Labute approximate surface area is 108 Å². The fraction of sp³-hybridized carbons (Fsp3) is 0.500. The number of hydrogen-bond donors (Lipinski definition) is 1. The largest absolute Gasteiger partial charge is 0.382 e.